The quantitative estimate of drug-likeness (QED) is 0.151. The van der Waals surface area contributed by atoms with E-state index < -0.39 is 5.41 Å². The molecule has 2 aromatic heterocycles. The zero-order valence-electron chi connectivity index (χ0n) is 37.8. The van der Waals surface area contributed by atoms with Crippen LogP contribution in [0.15, 0.2) is 267 Å². The Bertz CT molecular complexity index is 4030. The molecule has 0 atom stereocenters. The second kappa shape index (κ2) is 15.6. The van der Waals surface area contributed by atoms with E-state index in [9.17, 15) is 0 Å². The van der Waals surface area contributed by atoms with Gasteiger partial charge in [-0.05, 0) is 133 Å². The first kappa shape index (κ1) is 39.2. The van der Waals surface area contributed by atoms with E-state index in [1.165, 1.54) is 110 Å². The van der Waals surface area contributed by atoms with Gasteiger partial charge in [-0.25, -0.2) is 0 Å². The molecule has 322 valence electrons. The van der Waals surface area contributed by atoms with Gasteiger partial charge < -0.3 is 9.13 Å². The van der Waals surface area contributed by atoms with Gasteiger partial charge in [-0.1, -0.05) is 200 Å². The number of fused-ring (bicyclic) bond motifs is 9. The Kier molecular flexibility index (Phi) is 8.84. The van der Waals surface area contributed by atoms with Gasteiger partial charge in [-0.2, -0.15) is 0 Å². The molecular formula is C67H44N2. The Balaban J connectivity index is 0.986. The van der Waals surface area contributed by atoms with Crippen LogP contribution in [-0.4, -0.2) is 9.13 Å². The highest BCUT2D eigenvalue weighted by atomic mass is 15.0. The summed E-state index contributed by atoms with van der Waals surface area (Å²) in [5, 5.41) is 4.95. The zero-order chi connectivity index (χ0) is 45.5. The lowest BCUT2D eigenvalue weighted by molar-refractivity contribution is 0.769. The summed E-state index contributed by atoms with van der Waals surface area (Å²) in [6, 6.07) is 98.6. The Morgan fingerprint density at radius 2 is 0.638 bits per heavy atom. The van der Waals surface area contributed by atoms with Crippen molar-refractivity contribution in [2.75, 3.05) is 0 Å². The van der Waals surface area contributed by atoms with Crippen LogP contribution in [0, 0.1) is 0 Å². The maximum absolute atomic E-state index is 2.52. The summed E-state index contributed by atoms with van der Waals surface area (Å²) in [5.41, 5.74) is 21.5. The number of benzene rings is 11. The molecule has 14 rings (SSSR count). The predicted octanol–water partition coefficient (Wildman–Crippen LogP) is 17.2. The largest absolute Gasteiger partial charge is 0.309 e. The first-order valence-electron chi connectivity index (χ1n) is 23.9. The first-order chi connectivity index (χ1) is 34.2. The van der Waals surface area contributed by atoms with E-state index >= 15 is 0 Å². The van der Waals surface area contributed by atoms with Crippen LogP contribution in [0.3, 0.4) is 0 Å². The average molecular weight is 877 g/mol. The lowest BCUT2D eigenvalue weighted by Crippen LogP contribution is -2.28. The van der Waals surface area contributed by atoms with Gasteiger partial charge >= 0.3 is 0 Å². The van der Waals surface area contributed by atoms with Crippen molar-refractivity contribution in [1.29, 1.82) is 0 Å². The minimum Gasteiger partial charge on any atom is -0.309 e. The molecule has 2 heteroatoms. The maximum atomic E-state index is 2.52. The monoisotopic (exact) mass is 876 g/mol. The van der Waals surface area contributed by atoms with Gasteiger partial charge in [0, 0.05) is 32.9 Å². The van der Waals surface area contributed by atoms with Gasteiger partial charge in [0.15, 0.2) is 0 Å². The second-order valence-corrected chi connectivity index (χ2v) is 18.4. The third-order valence-corrected chi connectivity index (χ3v) is 14.8. The number of nitrogens with zero attached hydrogens (tertiary/aromatic N) is 2. The molecule has 0 unspecified atom stereocenters. The van der Waals surface area contributed by atoms with E-state index in [-0.39, 0.29) is 0 Å². The fourth-order valence-corrected chi connectivity index (χ4v) is 11.7. The minimum atomic E-state index is -0.509. The Labute approximate surface area is 401 Å². The van der Waals surface area contributed by atoms with Crippen molar-refractivity contribution in [2.45, 2.75) is 5.41 Å². The van der Waals surface area contributed by atoms with Crippen LogP contribution >= 0.6 is 0 Å². The molecular weight excluding hydrogens is 833 g/mol. The zero-order valence-corrected chi connectivity index (χ0v) is 37.8. The molecule has 0 spiro atoms. The van der Waals surface area contributed by atoms with Crippen LogP contribution < -0.4 is 0 Å². The molecule has 0 saturated heterocycles. The summed E-state index contributed by atoms with van der Waals surface area (Å²) >= 11 is 0. The number of rotatable bonds is 7. The molecule has 69 heavy (non-hydrogen) atoms. The lowest BCUT2D eigenvalue weighted by atomic mass is 9.67. The third kappa shape index (κ3) is 5.99. The average Bonchev–Trinajstić information content (AvgIpc) is 4.04. The van der Waals surface area contributed by atoms with Crippen LogP contribution in [0.1, 0.15) is 22.3 Å². The van der Waals surface area contributed by atoms with E-state index in [0.717, 1.165) is 11.4 Å². The first-order valence-corrected chi connectivity index (χ1v) is 23.9. The van der Waals surface area contributed by atoms with Gasteiger partial charge in [0.05, 0.1) is 27.5 Å². The van der Waals surface area contributed by atoms with Gasteiger partial charge in [0.2, 0.25) is 0 Å². The molecule has 0 saturated carbocycles. The minimum absolute atomic E-state index is 0.509. The van der Waals surface area contributed by atoms with Gasteiger partial charge in [-0.3, -0.25) is 0 Å². The van der Waals surface area contributed by atoms with E-state index in [1.54, 1.807) is 0 Å². The van der Waals surface area contributed by atoms with Gasteiger partial charge in [0.25, 0.3) is 0 Å². The molecule has 2 heterocycles. The van der Waals surface area contributed by atoms with E-state index in [1.807, 2.05) is 0 Å². The van der Waals surface area contributed by atoms with Crippen molar-refractivity contribution >= 4 is 43.6 Å². The standard InChI is InChI=1S/C67H44N2/c1-5-17-45(18-6-1)47-29-35-53(36-30-47)68-63-28-16-14-26-56(63)58-41-49(33-39-64(58)68)50-34-40-65-59(42-50)60-43-57-55-25-13-15-27-61(55)67(51-21-9-3-10-22-51,52-23-11-4-12-24-52)62(57)44-66(60)69(65)54-37-31-48(32-38-54)46-19-7-2-8-20-46/h1-44H. The number of hydrogen-bond acceptors (Lipinski definition) is 0. The van der Waals surface area contributed by atoms with Crippen molar-refractivity contribution in [3.8, 4) is 55.9 Å². The fraction of sp³-hybridized carbons (Fsp3) is 0.0149. The lowest BCUT2D eigenvalue weighted by Gasteiger charge is -2.34. The summed E-state index contributed by atoms with van der Waals surface area (Å²) < 4.78 is 4.90. The van der Waals surface area contributed by atoms with Crippen molar-refractivity contribution in [1.82, 2.24) is 9.13 Å². The summed E-state index contributed by atoms with van der Waals surface area (Å²) in [4.78, 5) is 0. The Morgan fingerprint density at radius 1 is 0.232 bits per heavy atom. The maximum Gasteiger partial charge on any atom is 0.0714 e. The highest BCUT2D eigenvalue weighted by Gasteiger charge is 2.46. The van der Waals surface area contributed by atoms with Crippen LogP contribution in [0.2, 0.25) is 0 Å². The Morgan fingerprint density at radius 3 is 1.20 bits per heavy atom. The molecule has 0 fully saturated rings. The van der Waals surface area contributed by atoms with Gasteiger partial charge in [-0.15, -0.1) is 0 Å². The molecule has 13 aromatic rings. The molecule has 0 bridgehead atoms. The molecule has 0 N–H and O–H groups in total. The molecule has 1 aliphatic carbocycles. The summed E-state index contributed by atoms with van der Waals surface area (Å²) in [7, 11) is 0. The summed E-state index contributed by atoms with van der Waals surface area (Å²) in [6.07, 6.45) is 0. The molecule has 0 amide bonds. The SMILES string of the molecule is c1ccc(-c2ccc(-n3c4ccccc4c4cc(-c5ccc6c(c5)c5cc7c(cc5n6-c5ccc(-c6ccccc6)cc5)C(c5ccccc5)(c5ccccc5)c5ccccc5-7)ccc43)cc2)cc1. The smallest absolute Gasteiger partial charge is 0.0714 e. The number of para-hydroxylation sites is 1. The summed E-state index contributed by atoms with van der Waals surface area (Å²) in [6.45, 7) is 0. The molecule has 0 aliphatic heterocycles. The predicted molar refractivity (Wildman–Crippen MR) is 289 cm³/mol. The van der Waals surface area contributed by atoms with E-state index in [2.05, 4.69) is 276 Å². The Hall–Kier alpha value is -8.98. The fourth-order valence-electron chi connectivity index (χ4n) is 11.7. The molecule has 0 radical (unpaired) electrons. The van der Waals surface area contributed by atoms with E-state index in [4.69, 9.17) is 0 Å². The van der Waals surface area contributed by atoms with Crippen LogP contribution in [0.4, 0.5) is 0 Å². The molecule has 2 nitrogen and oxygen atoms in total. The topological polar surface area (TPSA) is 9.86 Å². The van der Waals surface area contributed by atoms with Crippen LogP contribution in [0.25, 0.3) is 99.5 Å². The third-order valence-electron chi connectivity index (χ3n) is 14.8. The number of aromatic nitrogens is 2. The van der Waals surface area contributed by atoms with Crippen LogP contribution in [-0.2, 0) is 5.41 Å². The van der Waals surface area contributed by atoms with Crippen molar-refractivity contribution in [2.24, 2.45) is 0 Å². The second-order valence-electron chi connectivity index (χ2n) is 18.4. The van der Waals surface area contributed by atoms with Crippen molar-refractivity contribution in [3.05, 3.63) is 289 Å². The number of hydrogen-bond donors (Lipinski definition) is 0. The van der Waals surface area contributed by atoms with Crippen molar-refractivity contribution in [3.63, 3.8) is 0 Å². The normalized spacial score (nSPS) is 12.8. The highest BCUT2D eigenvalue weighted by Crippen LogP contribution is 2.57. The summed E-state index contributed by atoms with van der Waals surface area (Å²) in [5.74, 6) is 0. The van der Waals surface area contributed by atoms with Crippen molar-refractivity contribution < 1.29 is 0 Å². The van der Waals surface area contributed by atoms with Crippen LogP contribution in [0.5, 0.6) is 0 Å². The molecule has 11 aromatic carbocycles. The highest BCUT2D eigenvalue weighted by molar-refractivity contribution is 6.14. The van der Waals surface area contributed by atoms with E-state index in [0.29, 0.717) is 0 Å². The van der Waals surface area contributed by atoms with Gasteiger partial charge in [0.1, 0.15) is 0 Å². The molecule has 1 aliphatic rings.